The highest BCUT2D eigenvalue weighted by molar-refractivity contribution is 4.92. The van der Waals surface area contributed by atoms with Gasteiger partial charge < -0.3 is 0 Å². The van der Waals surface area contributed by atoms with E-state index < -0.39 is 0 Å². The third-order valence-corrected chi connectivity index (χ3v) is 5.74. The Morgan fingerprint density at radius 2 is 1.20 bits per heavy atom. The zero-order valence-corrected chi connectivity index (χ0v) is 12.4. The van der Waals surface area contributed by atoms with Crippen LogP contribution < -0.4 is 0 Å². The summed E-state index contributed by atoms with van der Waals surface area (Å²) in [6, 6.07) is 0. The molecule has 0 aromatic heterocycles. The van der Waals surface area contributed by atoms with Crippen LogP contribution in [0.3, 0.4) is 0 Å². The molecule has 0 N–H and O–H groups in total. The third-order valence-electron chi connectivity index (χ3n) is 5.74. The van der Waals surface area contributed by atoms with Crippen molar-refractivity contribution in [3.8, 4) is 0 Å². The van der Waals surface area contributed by atoms with Gasteiger partial charge in [-0.1, -0.05) is 68.7 Å². The van der Waals surface area contributed by atoms with Crippen LogP contribution in [0, 0.1) is 28.6 Å². The average Bonchev–Trinajstić information content (AvgIpc) is 2.14. The Bertz CT molecular complexity index is 186. The van der Waals surface area contributed by atoms with Crippen molar-refractivity contribution in [3.63, 3.8) is 0 Å². The van der Waals surface area contributed by atoms with Gasteiger partial charge in [-0.3, -0.25) is 0 Å². The molecule has 0 saturated heterocycles. The van der Waals surface area contributed by atoms with Gasteiger partial charge in [0.1, 0.15) is 0 Å². The first-order valence-electron chi connectivity index (χ1n) is 6.59. The van der Waals surface area contributed by atoms with Crippen LogP contribution in [-0.4, -0.2) is 0 Å². The molecule has 0 aliphatic carbocycles. The van der Waals surface area contributed by atoms with Crippen LogP contribution in [0.2, 0.25) is 0 Å². The molecule has 15 heavy (non-hydrogen) atoms. The fourth-order valence-electron chi connectivity index (χ4n) is 2.40. The van der Waals surface area contributed by atoms with Gasteiger partial charge in [0.25, 0.3) is 0 Å². The minimum Gasteiger partial charge on any atom is -0.0651 e. The van der Waals surface area contributed by atoms with Gasteiger partial charge in [0.2, 0.25) is 0 Å². The maximum Gasteiger partial charge on any atom is -0.0272 e. The van der Waals surface area contributed by atoms with Gasteiger partial charge in [0.05, 0.1) is 0 Å². The predicted octanol–water partition coefficient (Wildman–Crippen LogP) is 5.38. The molecule has 0 aliphatic rings. The van der Waals surface area contributed by atoms with E-state index >= 15 is 0 Å². The van der Waals surface area contributed by atoms with Crippen molar-refractivity contribution in [2.75, 3.05) is 0 Å². The Labute approximate surface area is 97.8 Å². The van der Waals surface area contributed by atoms with Crippen LogP contribution in [0.4, 0.5) is 0 Å². The lowest BCUT2D eigenvalue weighted by atomic mass is 9.55. The molecule has 0 nitrogen and oxygen atoms in total. The predicted molar refractivity (Wildman–Crippen MR) is 71.0 cm³/mol. The number of rotatable bonds is 5. The van der Waals surface area contributed by atoms with Gasteiger partial charge in [-0.2, -0.15) is 0 Å². The molecule has 0 aromatic rings. The van der Waals surface area contributed by atoms with Crippen LogP contribution in [0.25, 0.3) is 0 Å². The van der Waals surface area contributed by atoms with Gasteiger partial charge in [-0.15, -0.1) is 0 Å². The summed E-state index contributed by atoms with van der Waals surface area (Å²) in [5, 5.41) is 0. The summed E-state index contributed by atoms with van der Waals surface area (Å²) >= 11 is 0. The normalized spacial score (nSPS) is 18.0. The van der Waals surface area contributed by atoms with E-state index in [1.807, 2.05) is 0 Å². The van der Waals surface area contributed by atoms with Gasteiger partial charge in [-0.25, -0.2) is 0 Å². The summed E-state index contributed by atoms with van der Waals surface area (Å²) < 4.78 is 0. The Morgan fingerprint density at radius 3 is 1.47 bits per heavy atom. The molecule has 0 rings (SSSR count). The van der Waals surface area contributed by atoms with E-state index in [1.54, 1.807) is 0 Å². The highest BCUT2D eigenvalue weighted by Gasteiger charge is 2.44. The summed E-state index contributed by atoms with van der Waals surface area (Å²) in [6.07, 6.45) is 1.29. The van der Waals surface area contributed by atoms with E-state index in [0.29, 0.717) is 10.8 Å². The summed E-state index contributed by atoms with van der Waals surface area (Å²) in [5.74, 6) is 2.33. The van der Waals surface area contributed by atoms with Crippen molar-refractivity contribution in [1.29, 1.82) is 0 Å². The van der Waals surface area contributed by atoms with E-state index in [2.05, 4.69) is 62.3 Å². The van der Waals surface area contributed by atoms with Crippen LogP contribution in [0.5, 0.6) is 0 Å². The van der Waals surface area contributed by atoms with Crippen molar-refractivity contribution in [2.24, 2.45) is 28.6 Å². The first kappa shape index (κ1) is 15.0. The van der Waals surface area contributed by atoms with Gasteiger partial charge in [-0.05, 0) is 28.6 Å². The van der Waals surface area contributed by atoms with Crippen molar-refractivity contribution in [1.82, 2.24) is 0 Å². The largest absolute Gasteiger partial charge is 0.0651 e. The van der Waals surface area contributed by atoms with Crippen LogP contribution in [0.15, 0.2) is 0 Å². The van der Waals surface area contributed by atoms with E-state index in [0.717, 1.165) is 17.8 Å². The van der Waals surface area contributed by atoms with E-state index in [-0.39, 0.29) is 0 Å². The van der Waals surface area contributed by atoms with Gasteiger partial charge >= 0.3 is 0 Å². The summed E-state index contributed by atoms with van der Waals surface area (Å²) in [5.41, 5.74) is 0.798. The summed E-state index contributed by atoms with van der Waals surface area (Å²) in [6.45, 7) is 21.6. The molecule has 0 spiro atoms. The SMILES string of the molecule is CCC(C)C(C)C(C)(C)C(C)(C)C(C)C. The molecule has 2 unspecified atom stereocenters. The highest BCUT2D eigenvalue weighted by Crippen LogP contribution is 2.51. The Morgan fingerprint density at radius 1 is 0.800 bits per heavy atom. The summed E-state index contributed by atoms with van der Waals surface area (Å²) in [7, 11) is 0. The zero-order chi connectivity index (χ0) is 12.4. The first-order valence-corrected chi connectivity index (χ1v) is 6.59. The van der Waals surface area contributed by atoms with Crippen molar-refractivity contribution < 1.29 is 0 Å². The monoisotopic (exact) mass is 212 g/mol. The number of hydrogen-bond acceptors (Lipinski definition) is 0. The minimum atomic E-state index is 0.399. The lowest BCUT2D eigenvalue weighted by Gasteiger charge is -2.50. The van der Waals surface area contributed by atoms with Crippen molar-refractivity contribution in [3.05, 3.63) is 0 Å². The van der Waals surface area contributed by atoms with Crippen LogP contribution in [0.1, 0.15) is 68.7 Å². The standard InChI is InChI=1S/C15H32/c1-10-12(4)13(5)15(8,9)14(6,7)11(2)3/h11-13H,10H2,1-9H3. The second-order valence-corrected chi connectivity index (χ2v) is 6.77. The molecule has 0 bridgehead atoms. The number of hydrogen-bond donors (Lipinski definition) is 0. The highest BCUT2D eigenvalue weighted by atomic mass is 14.5. The van der Waals surface area contributed by atoms with Gasteiger partial charge in [0, 0.05) is 0 Å². The molecule has 92 valence electrons. The maximum absolute atomic E-state index is 2.45. The van der Waals surface area contributed by atoms with E-state index in [4.69, 9.17) is 0 Å². The lowest BCUT2D eigenvalue weighted by molar-refractivity contribution is -0.0148. The molecule has 0 saturated carbocycles. The topological polar surface area (TPSA) is 0 Å². The molecule has 0 amide bonds. The molecular weight excluding hydrogens is 180 g/mol. The quantitative estimate of drug-likeness (QED) is 0.574. The van der Waals surface area contributed by atoms with E-state index in [9.17, 15) is 0 Å². The summed E-state index contributed by atoms with van der Waals surface area (Å²) in [4.78, 5) is 0. The first-order chi connectivity index (χ1) is 6.59. The smallest absolute Gasteiger partial charge is 0.0272 e. The molecule has 0 aliphatic heterocycles. The van der Waals surface area contributed by atoms with Crippen molar-refractivity contribution >= 4 is 0 Å². The molecule has 0 aromatic carbocycles. The van der Waals surface area contributed by atoms with Crippen molar-refractivity contribution in [2.45, 2.75) is 68.7 Å². The lowest BCUT2D eigenvalue weighted by Crippen LogP contribution is -2.43. The average molecular weight is 212 g/mol. The molecular formula is C15H32. The van der Waals surface area contributed by atoms with Crippen LogP contribution in [-0.2, 0) is 0 Å². The fraction of sp³-hybridized carbons (Fsp3) is 1.00. The van der Waals surface area contributed by atoms with Crippen LogP contribution >= 0.6 is 0 Å². The molecule has 0 heteroatoms. The molecule has 0 heterocycles. The second kappa shape index (κ2) is 4.89. The maximum atomic E-state index is 2.45. The third kappa shape index (κ3) is 2.77. The zero-order valence-electron chi connectivity index (χ0n) is 12.4. The van der Waals surface area contributed by atoms with Gasteiger partial charge in [0.15, 0.2) is 0 Å². The molecule has 0 radical (unpaired) electrons. The molecule has 0 fully saturated rings. The fourth-order valence-corrected chi connectivity index (χ4v) is 2.40. The van der Waals surface area contributed by atoms with E-state index in [1.165, 1.54) is 6.42 Å². The minimum absolute atomic E-state index is 0.399. The molecule has 2 atom stereocenters. The Kier molecular flexibility index (Phi) is 4.89. The Balaban J connectivity index is 4.95. The second-order valence-electron chi connectivity index (χ2n) is 6.77. The Hall–Kier alpha value is 0.